The van der Waals surface area contributed by atoms with E-state index in [1.54, 1.807) is 12.1 Å². The van der Waals surface area contributed by atoms with Gasteiger partial charge in [-0.1, -0.05) is 18.2 Å². The average Bonchev–Trinajstić information content (AvgIpc) is 2.99. The Labute approximate surface area is 145 Å². The van der Waals surface area contributed by atoms with Gasteiger partial charge in [0.25, 0.3) is 0 Å². The summed E-state index contributed by atoms with van der Waals surface area (Å²) in [5, 5.41) is 0. The van der Waals surface area contributed by atoms with Crippen molar-refractivity contribution in [3.05, 3.63) is 42.5 Å². The van der Waals surface area contributed by atoms with E-state index in [9.17, 15) is 4.79 Å². The maximum atomic E-state index is 11.1. The Balaban J connectivity index is 1.95. The topological polar surface area (TPSA) is 93.5 Å². The van der Waals surface area contributed by atoms with Gasteiger partial charge in [-0.3, -0.25) is 0 Å². The molecule has 0 spiro atoms. The fraction of sp³-hybridized carbons (Fsp3) is 0.222. The minimum absolute atomic E-state index is 0.318. The van der Waals surface area contributed by atoms with Gasteiger partial charge in [0.05, 0.1) is 11.1 Å². The number of ether oxygens (including phenoxy) is 2. The first-order chi connectivity index (χ1) is 12.0. The minimum atomic E-state index is -0.871. The molecule has 25 heavy (non-hydrogen) atoms. The molecule has 0 saturated carbocycles. The predicted molar refractivity (Wildman–Crippen MR) is 95.8 cm³/mol. The lowest BCUT2D eigenvalue weighted by Crippen LogP contribution is -2.19. The molecule has 1 aromatic heterocycles. The maximum absolute atomic E-state index is 11.1. The number of benzene rings is 2. The Morgan fingerprint density at radius 3 is 2.68 bits per heavy atom. The minimum Gasteiger partial charge on any atom is -0.491 e. The second-order valence-corrected chi connectivity index (χ2v) is 5.81. The summed E-state index contributed by atoms with van der Waals surface area (Å²) in [5.74, 6) is 1.69. The first-order valence-electron chi connectivity index (χ1n) is 7.87. The highest BCUT2D eigenvalue weighted by molar-refractivity contribution is 5.87. The van der Waals surface area contributed by atoms with Crippen molar-refractivity contribution in [2.24, 2.45) is 5.73 Å². The van der Waals surface area contributed by atoms with Gasteiger partial charge < -0.3 is 25.1 Å². The van der Waals surface area contributed by atoms with Crippen molar-refractivity contribution >= 4 is 17.1 Å². The molecule has 2 aromatic carbocycles. The van der Waals surface area contributed by atoms with Crippen LogP contribution in [0.15, 0.2) is 42.5 Å². The number of aromatic nitrogens is 2. The van der Waals surface area contributed by atoms with Gasteiger partial charge in [-0.05, 0) is 38.4 Å². The Bertz CT molecular complexity index is 889. The van der Waals surface area contributed by atoms with Gasteiger partial charge in [-0.25, -0.2) is 9.78 Å². The highest BCUT2D eigenvalue weighted by atomic mass is 16.5. The smallest absolute Gasteiger partial charge is 0.410 e. The number of fused-ring (bicyclic) bond motifs is 1. The summed E-state index contributed by atoms with van der Waals surface area (Å²) in [5.41, 5.74) is 7.24. The number of aromatic amines is 1. The van der Waals surface area contributed by atoms with Gasteiger partial charge in [0.1, 0.15) is 23.7 Å². The molecular formula is C18H20N4O3. The van der Waals surface area contributed by atoms with Crippen molar-refractivity contribution in [3.8, 4) is 22.9 Å². The molecule has 0 unspecified atom stereocenters. The van der Waals surface area contributed by atoms with Crippen LogP contribution in [-0.2, 0) is 0 Å². The third-order valence-corrected chi connectivity index (χ3v) is 3.62. The number of nitrogens with one attached hydrogen (secondary N) is 1. The number of primary amides is 1. The number of amides is 1. The van der Waals surface area contributed by atoms with E-state index >= 15 is 0 Å². The summed E-state index contributed by atoms with van der Waals surface area (Å²) in [4.78, 5) is 20.9. The molecule has 0 aliphatic heterocycles. The molecule has 130 valence electrons. The van der Waals surface area contributed by atoms with Crippen LogP contribution in [0.4, 0.5) is 4.79 Å². The zero-order valence-corrected chi connectivity index (χ0v) is 14.2. The third kappa shape index (κ3) is 3.89. The van der Waals surface area contributed by atoms with Crippen molar-refractivity contribution < 1.29 is 14.3 Å². The van der Waals surface area contributed by atoms with Gasteiger partial charge in [-0.2, -0.15) is 0 Å². The number of imidazole rings is 1. The van der Waals surface area contributed by atoms with Gasteiger partial charge >= 0.3 is 6.09 Å². The Hall–Kier alpha value is -3.06. The number of nitrogens with two attached hydrogens (primary N) is 1. The van der Waals surface area contributed by atoms with Crippen LogP contribution in [-0.4, -0.2) is 48.2 Å². The lowest BCUT2D eigenvalue weighted by Gasteiger charge is -2.13. The quantitative estimate of drug-likeness (QED) is 0.719. The summed E-state index contributed by atoms with van der Waals surface area (Å²) in [7, 11) is 3.99. The van der Waals surface area contributed by atoms with Gasteiger partial charge in [0, 0.05) is 6.54 Å². The second-order valence-electron chi connectivity index (χ2n) is 5.81. The fourth-order valence-corrected chi connectivity index (χ4v) is 2.45. The molecular weight excluding hydrogens is 320 g/mol. The van der Waals surface area contributed by atoms with Crippen LogP contribution in [0, 0.1) is 0 Å². The van der Waals surface area contributed by atoms with E-state index in [0.717, 1.165) is 23.4 Å². The number of hydrogen-bond acceptors (Lipinski definition) is 5. The highest BCUT2D eigenvalue weighted by Gasteiger charge is 2.14. The molecule has 0 saturated heterocycles. The molecule has 0 atom stereocenters. The van der Waals surface area contributed by atoms with E-state index in [1.807, 2.05) is 44.4 Å². The molecule has 0 bridgehead atoms. The lowest BCUT2D eigenvalue weighted by molar-refractivity contribution is 0.211. The number of nitrogens with zero attached hydrogens (tertiary/aromatic N) is 2. The number of rotatable bonds is 6. The summed E-state index contributed by atoms with van der Waals surface area (Å²) in [6, 6.07) is 12.9. The molecule has 7 nitrogen and oxygen atoms in total. The van der Waals surface area contributed by atoms with Crippen LogP contribution in [0.5, 0.6) is 11.5 Å². The molecule has 1 amide bonds. The van der Waals surface area contributed by atoms with E-state index in [4.69, 9.17) is 15.2 Å². The van der Waals surface area contributed by atoms with Crippen LogP contribution in [0.2, 0.25) is 0 Å². The van der Waals surface area contributed by atoms with Crippen LogP contribution < -0.4 is 15.2 Å². The zero-order valence-electron chi connectivity index (χ0n) is 14.2. The third-order valence-electron chi connectivity index (χ3n) is 3.62. The molecule has 7 heteroatoms. The second kappa shape index (κ2) is 7.23. The molecule has 0 aliphatic carbocycles. The van der Waals surface area contributed by atoms with Crippen LogP contribution in [0.3, 0.4) is 0 Å². The Kier molecular flexibility index (Phi) is 4.85. The van der Waals surface area contributed by atoms with Gasteiger partial charge in [0.2, 0.25) is 0 Å². The largest absolute Gasteiger partial charge is 0.491 e. The van der Waals surface area contributed by atoms with Gasteiger partial charge in [0.15, 0.2) is 5.75 Å². The first kappa shape index (κ1) is 16.8. The molecule has 0 fully saturated rings. The first-order valence-corrected chi connectivity index (χ1v) is 7.87. The predicted octanol–water partition coefficient (Wildman–Crippen LogP) is 2.63. The van der Waals surface area contributed by atoms with E-state index in [-0.39, 0.29) is 0 Å². The number of carbonyl (C=O) groups excluding carboxylic acids is 1. The van der Waals surface area contributed by atoms with Crippen LogP contribution in [0.25, 0.3) is 22.4 Å². The maximum Gasteiger partial charge on any atom is 0.410 e. The van der Waals surface area contributed by atoms with E-state index in [0.29, 0.717) is 23.7 Å². The Morgan fingerprint density at radius 1 is 1.16 bits per heavy atom. The SMILES string of the molecule is CN(C)CCOc1ccccc1-c1nc2c(OC(N)=O)cccc2[nH]1. The van der Waals surface area contributed by atoms with E-state index in [2.05, 4.69) is 14.9 Å². The summed E-state index contributed by atoms with van der Waals surface area (Å²) < 4.78 is 10.9. The van der Waals surface area contributed by atoms with Crippen LogP contribution in [0.1, 0.15) is 0 Å². The van der Waals surface area contributed by atoms with Crippen molar-refractivity contribution in [1.82, 2.24) is 14.9 Å². The molecule has 0 radical (unpaired) electrons. The Morgan fingerprint density at radius 2 is 1.92 bits per heavy atom. The fourth-order valence-electron chi connectivity index (χ4n) is 2.45. The monoisotopic (exact) mass is 340 g/mol. The normalized spacial score (nSPS) is 11.0. The number of para-hydroxylation sites is 2. The molecule has 3 N–H and O–H groups in total. The standard InChI is InChI=1S/C18H20N4O3/c1-22(2)10-11-24-14-8-4-3-6-12(14)17-20-13-7-5-9-15(16(13)21-17)25-18(19)23/h3-9H,10-11H2,1-2H3,(H2,19,23)(H,20,21). The molecule has 1 heterocycles. The lowest BCUT2D eigenvalue weighted by atomic mass is 10.2. The summed E-state index contributed by atoms with van der Waals surface area (Å²) in [6.45, 7) is 1.38. The molecule has 0 aliphatic rings. The van der Waals surface area contributed by atoms with Crippen LogP contribution >= 0.6 is 0 Å². The average molecular weight is 340 g/mol. The van der Waals surface area contributed by atoms with E-state index < -0.39 is 6.09 Å². The number of H-pyrrole nitrogens is 1. The van der Waals surface area contributed by atoms with E-state index in [1.165, 1.54) is 0 Å². The number of carbonyl (C=O) groups is 1. The number of hydrogen-bond donors (Lipinski definition) is 2. The zero-order chi connectivity index (χ0) is 17.8. The summed E-state index contributed by atoms with van der Waals surface area (Å²) >= 11 is 0. The van der Waals surface area contributed by atoms with Gasteiger partial charge in [-0.15, -0.1) is 0 Å². The van der Waals surface area contributed by atoms with Crippen molar-refractivity contribution in [1.29, 1.82) is 0 Å². The molecule has 3 aromatic rings. The van der Waals surface area contributed by atoms with Crippen molar-refractivity contribution in [3.63, 3.8) is 0 Å². The molecule has 3 rings (SSSR count). The highest BCUT2D eigenvalue weighted by Crippen LogP contribution is 2.32. The van der Waals surface area contributed by atoms with Crippen molar-refractivity contribution in [2.75, 3.05) is 27.2 Å². The summed E-state index contributed by atoms with van der Waals surface area (Å²) in [6.07, 6.45) is -0.871. The van der Waals surface area contributed by atoms with Crippen molar-refractivity contribution in [2.45, 2.75) is 0 Å². The number of likely N-dealkylation sites (N-methyl/N-ethyl adjacent to an activating group) is 1.